The monoisotopic (exact) mass is 824 g/mol. The predicted molar refractivity (Wildman–Crippen MR) is 225 cm³/mol. The van der Waals surface area contributed by atoms with Gasteiger partial charge in [-0.25, -0.2) is 9.59 Å². The van der Waals surface area contributed by atoms with E-state index in [1.807, 2.05) is 6.92 Å². The molecular formula is C42H73ClN2O8Si2. The van der Waals surface area contributed by atoms with Crippen molar-refractivity contribution in [2.45, 2.75) is 179 Å². The minimum atomic E-state index is -2.24. The first kappa shape index (κ1) is 47.4. The Balaban J connectivity index is 0.000000297. The Labute approximate surface area is 339 Å². The number of halogens is 1. The van der Waals surface area contributed by atoms with Gasteiger partial charge in [-0.3, -0.25) is 9.59 Å². The fraction of sp³-hybridized carbons (Fsp3) is 0.810. The highest BCUT2D eigenvalue weighted by molar-refractivity contribution is 6.74. The largest absolute Gasteiger partial charge is 0.467 e. The van der Waals surface area contributed by atoms with Gasteiger partial charge in [0.2, 0.25) is 11.8 Å². The van der Waals surface area contributed by atoms with Crippen molar-refractivity contribution in [3.63, 3.8) is 0 Å². The van der Waals surface area contributed by atoms with E-state index in [4.69, 9.17) is 29.9 Å². The number of carbonyl (C=O) groups is 4. The molecule has 55 heavy (non-hydrogen) atoms. The van der Waals surface area contributed by atoms with Gasteiger partial charge in [-0.2, -0.15) is 0 Å². The van der Waals surface area contributed by atoms with E-state index >= 15 is 0 Å². The summed E-state index contributed by atoms with van der Waals surface area (Å²) in [4.78, 5) is 51.3. The van der Waals surface area contributed by atoms with Crippen molar-refractivity contribution in [1.82, 2.24) is 10.6 Å². The van der Waals surface area contributed by atoms with E-state index in [9.17, 15) is 19.2 Å². The molecule has 1 saturated heterocycles. The van der Waals surface area contributed by atoms with E-state index in [1.165, 1.54) is 33.1 Å². The highest BCUT2D eigenvalue weighted by atomic mass is 35.5. The van der Waals surface area contributed by atoms with Gasteiger partial charge in [0, 0.05) is 12.0 Å². The molecule has 10 nitrogen and oxygen atoms in total. The fourth-order valence-electron chi connectivity index (χ4n) is 8.29. The second kappa shape index (κ2) is 18.3. The minimum Gasteiger partial charge on any atom is -0.467 e. The van der Waals surface area contributed by atoms with E-state index in [1.54, 1.807) is 0 Å². The SMILES string of the molecule is C=C1[C@@H](CCCl)C(=O)N[C@]1(C(=O)OC)[C@@H](O[Si](C)(C)C(C)(C)C)C1CCCCC1.COC(=O)[C@]1([C@@H](O[Si](C)(C)C(C)(C)C)C2CCCCC2)NC(=O)C=C1C. The van der Waals surface area contributed by atoms with Crippen LogP contribution in [0.25, 0.3) is 0 Å². The molecule has 2 saturated carbocycles. The van der Waals surface area contributed by atoms with E-state index in [0.717, 1.165) is 51.4 Å². The average molecular weight is 826 g/mol. The topological polar surface area (TPSA) is 129 Å². The molecular weight excluding hydrogens is 752 g/mol. The van der Waals surface area contributed by atoms with E-state index in [2.05, 4.69) is 84.9 Å². The molecule has 0 radical (unpaired) electrons. The number of carbonyl (C=O) groups excluding carboxylic acids is 4. The number of esters is 2. The lowest BCUT2D eigenvalue weighted by Crippen LogP contribution is -2.65. The lowest BCUT2D eigenvalue weighted by Gasteiger charge is -2.48. The molecule has 0 spiro atoms. The maximum Gasteiger partial charge on any atom is 0.338 e. The quantitative estimate of drug-likeness (QED) is 0.0866. The van der Waals surface area contributed by atoms with Gasteiger partial charge < -0.3 is 29.0 Å². The molecule has 3 fully saturated rings. The number of alkyl halides is 1. The molecule has 0 aromatic carbocycles. The van der Waals surface area contributed by atoms with Crippen LogP contribution in [0.5, 0.6) is 0 Å². The maximum absolute atomic E-state index is 13.3. The molecule has 4 rings (SSSR count). The van der Waals surface area contributed by atoms with Crippen LogP contribution in [0.15, 0.2) is 23.8 Å². The summed E-state index contributed by atoms with van der Waals surface area (Å²) < 4.78 is 24.2. The van der Waals surface area contributed by atoms with Gasteiger partial charge in [0.1, 0.15) is 0 Å². The van der Waals surface area contributed by atoms with Crippen molar-refractivity contribution in [3.05, 3.63) is 23.8 Å². The van der Waals surface area contributed by atoms with Crippen LogP contribution >= 0.6 is 11.6 Å². The molecule has 2 amide bonds. The number of hydrogen-bond acceptors (Lipinski definition) is 8. The van der Waals surface area contributed by atoms with Gasteiger partial charge in [0.15, 0.2) is 27.7 Å². The van der Waals surface area contributed by atoms with Crippen molar-refractivity contribution in [3.8, 4) is 0 Å². The molecule has 0 bridgehead atoms. The van der Waals surface area contributed by atoms with Gasteiger partial charge in [-0.05, 0) is 98.3 Å². The van der Waals surface area contributed by atoms with Crippen LogP contribution < -0.4 is 10.6 Å². The van der Waals surface area contributed by atoms with Crippen LogP contribution in [0.1, 0.15) is 119 Å². The minimum absolute atomic E-state index is 0.0114. The van der Waals surface area contributed by atoms with Gasteiger partial charge in [0.05, 0.1) is 32.3 Å². The maximum atomic E-state index is 13.3. The Kier molecular flexibility index (Phi) is 15.8. The molecule has 0 aromatic heterocycles. The zero-order valence-corrected chi connectivity index (χ0v) is 39.1. The number of hydrogen-bond donors (Lipinski definition) is 2. The number of rotatable bonds is 12. The van der Waals surface area contributed by atoms with Crippen LogP contribution in [-0.4, -0.2) is 83.8 Å². The average Bonchev–Trinajstić information content (AvgIpc) is 3.56. The zero-order chi connectivity index (χ0) is 41.8. The third-order valence-electron chi connectivity index (χ3n) is 13.7. The smallest absolute Gasteiger partial charge is 0.338 e. The predicted octanol–water partition coefficient (Wildman–Crippen LogP) is 8.75. The van der Waals surface area contributed by atoms with Gasteiger partial charge >= 0.3 is 11.9 Å². The van der Waals surface area contributed by atoms with Crippen LogP contribution in [0, 0.1) is 17.8 Å². The highest BCUT2D eigenvalue weighted by Gasteiger charge is 2.62. The first-order valence-corrected chi connectivity index (χ1v) is 26.8. The van der Waals surface area contributed by atoms with Crippen LogP contribution in [-0.2, 0) is 37.5 Å². The first-order valence-electron chi connectivity index (χ1n) is 20.5. The van der Waals surface area contributed by atoms with Gasteiger partial charge in [-0.15, -0.1) is 11.6 Å². The summed E-state index contributed by atoms with van der Waals surface area (Å²) in [7, 11) is -1.66. The van der Waals surface area contributed by atoms with Crippen molar-refractivity contribution in [1.29, 1.82) is 0 Å². The Hall–Kier alpha value is -2.00. The lowest BCUT2D eigenvalue weighted by atomic mass is 9.73. The Morgan fingerprint density at radius 3 is 1.53 bits per heavy atom. The summed E-state index contributed by atoms with van der Waals surface area (Å²) in [6, 6.07) is 0. The molecule has 4 aliphatic rings. The molecule has 0 unspecified atom stereocenters. The Bertz CT molecular complexity index is 1440. The molecule has 0 aromatic rings. The second-order valence-electron chi connectivity index (χ2n) is 19.4. The molecule has 2 aliphatic heterocycles. The Morgan fingerprint density at radius 2 is 1.18 bits per heavy atom. The van der Waals surface area contributed by atoms with Crippen molar-refractivity contribution >= 4 is 52.0 Å². The summed E-state index contributed by atoms with van der Waals surface area (Å²) in [6.45, 7) is 27.9. The Morgan fingerprint density at radius 1 is 0.782 bits per heavy atom. The normalized spacial score (nSPS) is 27.0. The fourth-order valence-corrected chi connectivity index (χ4v) is 11.2. The van der Waals surface area contributed by atoms with Crippen LogP contribution in [0.3, 0.4) is 0 Å². The standard InChI is InChI=1S/C22H38ClNO4Si.C20H35NO4Si/c1-15-17(13-14-23)19(25)24-22(15,20(26)27-5)18(16-11-9-8-10-12-16)28-29(6,7)21(2,3)4;1-14-13-16(22)21-20(14,18(23)24-5)17(15-11-9-8-10-12-15)25-26(6,7)19(2,3)4/h16-18H,1,8-14H2,2-7H3,(H,24,25);13,15,17H,8-12H2,1-7H3,(H,21,22)/t17-,18+,22+;17-,20-/m10/s1. The lowest BCUT2D eigenvalue weighted by molar-refractivity contribution is -0.154. The molecule has 2 heterocycles. The third kappa shape index (κ3) is 9.83. The zero-order valence-electron chi connectivity index (χ0n) is 36.3. The van der Waals surface area contributed by atoms with E-state index in [-0.39, 0.29) is 39.8 Å². The summed E-state index contributed by atoms with van der Waals surface area (Å²) in [5.41, 5.74) is -1.31. The third-order valence-corrected chi connectivity index (χ3v) is 22.9. The summed E-state index contributed by atoms with van der Waals surface area (Å²) >= 11 is 5.95. The number of nitrogens with one attached hydrogen (secondary N) is 2. The van der Waals surface area contributed by atoms with Crippen molar-refractivity contribution in [2.24, 2.45) is 17.8 Å². The molecule has 2 N–H and O–H groups in total. The molecule has 13 heteroatoms. The summed E-state index contributed by atoms with van der Waals surface area (Å²) in [5.74, 6) is -1.13. The molecule has 5 atom stereocenters. The van der Waals surface area contributed by atoms with Gasteiger partial charge in [0.25, 0.3) is 0 Å². The van der Waals surface area contributed by atoms with E-state index < -0.39 is 51.7 Å². The van der Waals surface area contributed by atoms with Crippen molar-refractivity contribution in [2.75, 3.05) is 20.1 Å². The van der Waals surface area contributed by atoms with Crippen LogP contribution in [0.4, 0.5) is 0 Å². The molecule has 2 aliphatic carbocycles. The first-order chi connectivity index (χ1) is 25.4. The number of amides is 2. The van der Waals surface area contributed by atoms with Crippen LogP contribution in [0.2, 0.25) is 36.3 Å². The second-order valence-corrected chi connectivity index (χ2v) is 29.2. The number of ether oxygens (including phenoxy) is 2. The summed E-state index contributed by atoms with van der Waals surface area (Å²) in [6.07, 6.45) is 12.0. The van der Waals surface area contributed by atoms with Crippen molar-refractivity contribution < 1.29 is 37.5 Å². The highest BCUT2D eigenvalue weighted by Crippen LogP contribution is 2.48. The summed E-state index contributed by atoms with van der Waals surface area (Å²) in [5, 5.41) is 5.91. The number of methoxy groups -OCH3 is 2. The van der Waals surface area contributed by atoms with E-state index in [0.29, 0.717) is 23.4 Å². The molecule has 314 valence electrons. The van der Waals surface area contributed by atoms with Gasteiger partial charge in [-0.1, -0.05) is 86.6 Å².